The van der Waals surface area contributed by atoms with Gasteiger partial charge in [-0.3, -0.25) is 4.79 Å². The van der Waals surface area contributed by atoms with E-state index in [2.05, 4.69) is 29.6 Å². The van der Waals surface area contributed by atoms with Crippen molar-refractivity contribution in [2.45, 2.75) is 18.5 Å². The second-order valence-electron chi connectivity index (χ2n) is 5.88. The SMILES string of the molecule is O=C1c2ccccc2[C@]2(C=CNCC2)N1Cc1ccccc1. The molecule has 0 bridgehead atoms. The molecule has 2 aliphatic heterocycles. The van der Waals surface area contributed by atoms with Crippen molar-refractivity contribution in [2.24, 2.45) is 0 Å². The highest BCUT2D eigenvalue weighted by atomic mass is 16.2. The van der Waals surface area contributed by atoms with E-state index in [1.807, 2.05) is 47.5 Å². The molecule has 22 heavy (non-hydrogen) atoms. The van der Waals surface area contributed by atoms with Gasteiger partial charge in [0.25, 0.3) is 5.91 Å². The number of fused-ring (bicyclic) bond motifs is 2. The van der Waals surface area contributed by atoms with E-state index < -0.39 is 0 Å². The van der Waals surface area contributed by atoms with Crippen LogP contribution < -0.4 is 5.32 Å². The second kappa shape index (κ2) is 5.02. The van der Waals surface area contributed by atoms with E-state index in [1.54, 1.807) is 0 Å². The number of carbonyl (C=O) groups excluding carboxylic acids is 1. The Bertz CT molecular complexity index is 738. The van der Waals surface area contributed by atoms with E-state index in [-0.39, 0.29) is 11.4 Å². The highest BCUT2D eigenvalue weighted by Crippen LogP contribution is 2.44. The average Bonchev–Trinajstić information content (AvgIpc) is 2.80. The fourth-order valence-corrected chi connectivity index (χ4v) is 3.57. The van der Waals surface area contributed by atoms with Crippen LogP contribution in [0.5, 0.6) is 0 Å². The minimum absolute atomic E-state index is 0.131. The first-order chi connectivity index (χ1) is 10.8. The Morgan fingerprint density at radius 1 is 1.05 bits per heavy atom. The Labute approximate surface area is 130 Å². The van der Waals surface area contributed by atoms with Gasteiger partial charge in [0, 0.05) is 18.7 Å². The molecule has 0 aromatic heterocycles. The van der Waals surface area contributed by atoms with Crippen LogP contribution in [0.2, 0.25) is 0 Å². The number of nitrogens with zero attached hydrogens (tertiary/aromatic N) is 1. The highest BCUT2D eigenvalue weighted by molar-refractivity contribution is 6.00. The standard InChI is InChI=1S/C19H18N2O/c22-18-16-8-4-5-9-17(16)19(10-12-20-13-11-19)21(18)14-15-6-2-1-3-7-15/h1-10,12,20H,11,13-14H2/t19-/m1/s1. The van der Waals surface area contributed by atoms with Crippen LogP contribution in [0, 0.1) is 0 Å². The molecule has 1 amide bonds. The van der Waals surface area contributed by atoms with E-state index in [4.69, 9.17) is 0 Å². The van der Waals surface area contributed by atoms with Crippen molar-refractivity contribution in [3.63, 3.8) is 0 Å². The molecule has 2 heterocycles. The number of carbonyl (C=O) groups is 1. The van der Waals surface area contributed by atoms with Crippen LogP contribution >= 0.6 is 0 Å². The van der Waals surface area contributed by atoms with Crippen molar-refractivity contribution in [3.8, 4) is 0 Å². The predicted octanol–water partition coefficient (Wildman–Crippen LogP) is 3.04. The molecular weight excluding hydrogens is 272 g/mol. The van der Waals surface area contributed by atoms with Gasteiger partial charge in [0.15, 0.2) is 0 Å². The van der Waals surface area contributed by atoms with Crippen LogP contribution in [0.4, 0.5) is 0 Å². The number of hydrogen-bond donors (Lipinski definition) is 1. The summed E-state index contributed by atoms with van der Waals surface area (Å²) in [6.07, 6.45) is 5.03. The molecule has 2 aliphatic rings. The van der Waals surface area contributed by atoms with Gasteiger partial charge in [-0.15, -0.1) is 0 Å². The van der Waals surface area contributed by atoms with Crippen LogP contribution in [-0.2, 0) is 12.1 Å². The van der Waals surface area contributed by atoms with E-state index in [1.165, 1.54) is 0 Å². The molecule has 1 N–H and O–H groups in total. The Balaban J connectivity index is 1.82. The van der Waals surface area contributed by atoms with Gasteiger partial charge in [-0.05, 0) is 35.9 Å². The van der Waals surface area contributed by atoms with E-state index in [0.717, 1.165) is 29.7 Å². The second-order valence-corrected chi connectivity index (χ2v) is 5.88. The summed E-state index contributed by atoms with van der Waals surface area (Å²) < 4.78 is 0. The van der Waals surface area contributed by atoms with Crippen LogP contribution in [0.1, 0.15) is 27.9 Å². The number of rotatable bonds is 2. The summed E-state index contributed by atoms with van der Waals surface area (Å²) in [4.78, 5) is 15.0. The predicted molar refractivity (Wildman–Crippen MR) is 86.2 cm³/mol. The van der Waals surface area contributed by atoms with Crippen LogP contribution in [0.25, 0.3) is 0 Å². The van der Waals surface area contributed by atoms with Crippen molar-refractivity contribution >= 4 is 5.91 Å². The zero-order chi connectivity index (χ0) is 15.0. The minimum atomic E-state index is -0.311. The first kappa shape index (κ1) is 13.1. The monoisotopic (exact) mass is 290 g/mol. The van der Waals surface area contributed by atoms with E-state index in [0.29, 0.717) is 6.54 Å². The Hall–Kier alpha value is -2.55. The van der Waals surface area contributed by atoms with E-state index in [9.17, 15) is 4.79 Å². The lowest BCUT2D eigenvalue weighted by atomic mass is 9.84. The third-order valence-electron chi connectivity index (χ3n) is 4.66. The molecule has 2 aromatic carbocycles. The van der Waals surface area contributed by atoms with Crippen molar-refractivity contribution in [1.82, 2.24) is 10.2 Å². The fourth-order valence-electron chi connectivity index (χ4n) is 3.57. The van der Waals surface area contributed by atoms with Crippen LogP contribution in [0.3, 0.4) is 0 Å². The number of hydrogen-bond acceptors (Lipinski definition) is 2. The molecule has 1 atom stereocenters. The van der Waals surface area contributed by atoms with Crippen molar-refractivity contribution in [2.75, 3.05) is 6.54 Å². The summed E-state index contributed by atoms with van der Waals surface area (Å²) in [6, 6.07) is 18.2. The Morgan fingerprint density at radius 2 is 1.82 bits per heavy atom. The third-order valence-corrected chi connectivity index (χ3v) is 4.66. The molecule has 3 nitrogen and oxygen atoms in total. The lowest BCUT2D eigenvalue weighted by Crippen LogP contribution is -2.45. The smallest absolute Gasteiger partial charge is 0.255 e. The fraction of sp³-hybridized carbons (Fsp3) is 0.211. The lowest BCUT2D eigenvalue weighted by Gasteiger charge is -2.39. The maximum atomic E-state index is 12.9. The summed E-state index contributed by atoms with van der Waals surface area (Å²) in [5, 5.41) is 3.25. The van der Waals surface area contributed by atoms with Gasteiger partial charge in [0.2, 0.25) is 0 Å². The van der Waals surface area contributed by atoms with E-state index >= 15 is 0 Å². The van der Waals surface area contributed by atoms with Crippen molar-refractivity contribution < 1.29 is 4.79 Å². The molecule has 3 heteroatoms. The molecule has 1 spiro atoms. The average molecular weight is 290 g/mol. The molecule has 2 aromatic rings. The molecule has 0 unspecified atom stereocenters. The summed E-state index contributed by atoms with van der Waals surface area (Å²) in [6.45, 7) is 1.52. The van der Waals surface area contributed by atoms with Crippen molar-refractivity contribution in [3.05, 3.63) is 83.6 Å². The van der Waals surface area contributed by atoms with Gasteiger partial charge >= 0.3 is 0 Å². The minimum Gasteiger partial charge on any atom is -0.391 e. The molecule has 4 rings (SSSR count). The van der Waals surface area contributed by atoms with Gasteiger partial charge in [-0.25, -0.2) is 0 Å². The third kappa shape index (κ3) is 1.86. The molecule has 0 saturated heterocycles. The maximum absolute atomic E-state index is 12.9. The summed E-state index contributed by atoms with van der Waals surface area (Å²) in [7, 11) is 0. The molecule has 0 saturated carbocycles. The first-order valence-electron chi connectivity index (χ1n) is 7.68. The Kier molecular flexibility index (Phi) is 3.00. The van der Waals surface area contributed by atoms with Crippen molar-refractivity contribution in [1.29, 1.82) is 0 Å². The molecular formula is C19H18N2O. The molecule has 0 aliphatic carbocycles. The number of nitrogens with one attached hydrogen (secondary N) is 1. The highest BCUT2D eigenvalue weighted by Gasteiger charge is 2.48. The summed E-state index contributed by atoms with van der Waals surface area (Å²) in [5.74, 6) is 0.131. The van der Waals surface area contributed by atoms with Gasteiger partial charge < -0.3 is 10.2 Å². The van der Waals surface area contributed by atoms with Crippen LogP contribution in [-0.4, -0.2) is 17.4 Å². The zero-order valence-corrected chi connectivity index (χ0v) is 12.3. The van der Waals surface area contributed by atoms with Gasteiger partial charge in [0.1, 0.15) is 0 Å². The normalized spacial score (nSPS) is 22.7. The van der Waals surface area contributed by atoms with Crippen LogP contribution in [0.15, 0.2) is 66.9 Å². The maximum Gasteiger partial charge on any atom is 0.255 e. The summed E-state index contributed by atoms with van der Waals surface area (Å²) >= 11 is 0. The quantitative estimate of drug-likeness (QED) is 0.922. The Morgan fingerprint density at radius 3 is 2.59 bits per heavy atom. The first-order valence-corrected chi connectivity index (χ1v) is 7.68. The topological polar surface area (TPSA) is 32.3 Å². The largest absolute Gasteiger partial charge is 0.391 e. The number of amides is 1. The van der Waals surface area contributed by atoms with Gasteiger partial charge in [-0.1, -0.05) is 48.5 Å². The number of benzene rings is 2. The zero-order valence-electron chi connectivity index (χ0n) is 12.3. The van der Waals surface area contributed by atoms with Gasteiger partial charge in [-0.2, -0.15) is 0 Å². The lowest BCUT2D eigenvalue weighted by molar-refractivity contribution is 0.0590. The summed E-state index contributed by atoms with van der Waals surface area (Å²) in [5.41, 5.74) is 2.82. The molecule has 0 fully saturated rings. The van der Waals surface area contributed by atoms with Gasteiger partial charge in [0.05, 0.1) is 5.54 Å². The molecule has 0 radical (unpaired) electrons. The molecule has 110 valence electrons.